The van der Waals surface area contributed by atoms with Crippen molar-refractivity contribution in [2.75, 3.05) is 18.6 Å². The standard InChI is InChI=1S/C19H18N6O8S2/c1-24-19(21-14(27)15(28)22-24)35-7-8-6-34-17-11(16(29)25(17)12(8)18(30)31)20-13(26)10(23-32-2)9-4-3-5-33-9/h3-5,11,17H,6-7H2,1-2H3,(H,20,26)(H,22,28)(H,30,31)/t11-,17-/m1/s1. The molecule has 4 rings (SSSR count). The van der Waals surface area contributed by atoms with Crippen molar-refractivity contribution in [3.8, 4) is 0 Å². The molecule has 0 aliphatic carbocycles. The number of amides is 2. The fourth-order valence-electron chi connectivity index (χ4n) is 3.45. The van der Waals surface area contributed by atoms with Crippen molar-refractivity contribution in [2.24, 2.45) is 12.2 Å². The monoisotopic (exact) mass is 522 g/mol. The first-order valence-corrected chi connectivity index (χ1v) is 11.9. The molecular formula is C19H18N6O8S2. The maximum atomic E-state index is 12.9. The lowest BCUT2D eigenvalue weighted by molar-refractivity contribution is -0.150. The van der Waals surface area contributed by atoms with E-state index in [9.17, 15) is 29.1 Å². The number of oxime groups is 1. The minimum absolute atomic E-state index is 0.109. The van der Waals surface area contributed by atoms with E-state index in [1.54, 1.807) is 6.07 Å². The van der Waals surface area contributed by atoms with Crippen LogP contribution < -0.4 is 16.4 Å². The second-order valence-electron chi connectivity index (χ2n) is 7.21. The van der Waals surface area contributed by atoms with Crippen LogP contribution in [0.4, 0.5) is 0 Å². The summed E-state index contributed by atoms with van der Waals surface area (Å²) in [5.41, 5.74) is -1.76. The summed E-state index contributed by atoms with van der Waals surface area (Å²) < 4.78 is 6.44. The first-order chi connectivity index (χ1) is 16.7. The van der Waals surface area contributed by atoms with E-state index in [1.165, 1.54) is 42.9 Å². The van der Waals surface area contributed by atoms with Crippen molar-refractivity contribution >= 4 is 47.0 Å². The van der Waals surface area contributed by atoms with Crippen molar-refractivity contribution in [1.82, 2.24) is 25.0 Å². The lowest BCUT2D eigenvalue weighted by Gasteiger charge is -2.49. The quantitative estimate of drug-likeness (QED) is 0.126. The Morgan fingerprint density at radius 1 is 1.43 bits per heavy atom. The number of carboxylic acids is 1. The highest BCUT2D eigenvalue weighted by Crippen LogP contribution is 2.41. The number of aromatic amines is 1. The number of carbonyl (C=O) groups is 3. The highest BCUT2D eigenvalue weighted by Gasteiger charge is 2.54. The SMILES string of the molecule is CON=C(C(=O)N[C@@H]1C(=O)N2C(C(=O)O)=C(CSc3nc(=O)c(=O)[nH]n3C)CS[C@H]12)c1ccco1. The predicted octanol–water partition coefficient (Wildman–Crippen LogP) is -1.06. The van der Waals surface area contributed by atoms with Crippen molar-refractivity contribution < 1.29 is 28.7 Å². The number of nitrogens with one attached hydrogen (secondary N) is 2. The summed E-state index contributed by atoms with van der Waals surface area (Å²) in [5, 5.41) is 17.9. The Morgan fingerprint density at radius 3 is 2.86 bits per heavy atom. The molecule has 3 N–H and O–H groups in total. The molecule has 0 saturated carbocycles. The maximum absolute atomic E-state index is 12.9. The molecule has 2 aliphatic heterocycles. The molecule has 14 nitrogen and oxygen atoms in total. The third-order valence-corrected chi connectivity index (χ3v) is 7.47. The first-order valence-electron chi connectivity index (χ1n) is 9.89. The van der Waals surface area contributed by atoms with Crippen LogP contribution in [0.1, 0.15) is 5.76 Å². The van der Waals surface area contributed by atoms with Gasteiger partial charge >= 0.3 is 17.1 Å². The van der Waals surface area contributed by atoms with E-state index >= 15 is 0 Å². The number of rotatable bonds is 8. The van der Waals surface area contributed by atoms with Gasteiger partial charge in [0.15, 0.2) is 10.9 Å². The number of fused-ring (bicyclic) bond motifs is 1. The highest BCUT2D eigenvalue weighted by molar-refractivity contribution is 8.01. The minimum atomic E-state index is -1.30. The summed E-state index contributed by atoms with van der Waals surface area (Å²) in [5.74, 6) is -2.11. The summed E-state index contributed by atoms with van der Waals surface area (Å²) >= 11 is 2.32. The van der Waals surface area contributed by atoms with E-state index in [1.807, 2.05) is 0 Å². The molecule has 2 aromatic heterocycles. The fourth-order valence-corrected chi connectivity index (χ4v) is 5.85. The Kier molecular flexibility index (Phi) is 6.83. The van der Waals surface area contributed by atoms with E-state index in [-0.39, 0.29) is 33.8 Å². The molecule has 1 fully saturated rings. The van der Waals surface area contributed by atoms with Gasteiger partial charge in [0.1, 0.15) is 24.2 Å². The average Bonchev–Trinajstić information content (AvgIpc) is 3.36. The van der Waals surface area contributed by atoms with Gasteiger partial charge in [0, 0.05) is 18.6 Å². The predicted molar refractivity (Wildman–Crippen MR) is 123 cm³/mol. The summed E-state index contributed by atoms with van der Waals surface area (Å²) in [4.78, 5) is 70.0. The van der Waals surface area contributed by atoms with E-state index < -0.39 is 40.3 Å². The van der Waals surface area contributed by atoms with E-state index in [0.717, 1.165) is 16.7 Å². The van der Waals surface area contributed by atoms with Crippen LogP contribution in [-0.2, 0) is 26.3 Å². The number of hydrogen-bond donors (Lipinski definition) is 3. The second kappa shape index (κ2) is 9.83. The zero-order valence-corrected chi connectivity index (χ0v) is 19.8. The Balaban J connectivity index is 1.51. The van der Waals surface area contributed by atoms with E-state index in [0.29, 0.717) is 5.57 Å². The van der Waals surface area contributed by atoms with Crippen molar-refractivity contribution in [3.63, 3.8) is 0 Å². The van der Waals surface area contributed by atoms with Gasteiger partial charge in [-0.05, 0) is 17.7 Å². The second-order valence-corrected chi connectivity index (χ2v) is 9.25. The molecule has 1 saturated heterocycles. The van der Waals surface area contributed by atoms with Crippen LogP contribution in [-0.4, -0.2) is 78.3 Å². The molecule has 184 valence electrons. The van der Waals surface area contributed by atoms with Crippen LogP contribution in [0.3, 0.4) is 0 Å². The zero-order chi connectivity index (χ0) is 25.3. The van der Waals surface area contributed by atoms with Gasteiger partial charge in [0.25, 0.3) is 11.8 Å². The van der Waals surface area contributed by atoms with Crippen LogP contribution in [0.25, 0.3) is 0 Å². The molecule has 2 amide bonds. The Morgan fingerprint density at radius 2 is 2.20 bits per heavy atom. The number of H-pyrrole nitrogens is 1. The molecule has 16 heteroatoms. The molecule has 0 radical (unpaired) electrons. The minimum Gasteiger partial charge on any atom is -0.477 e. The van der Waals surface area contributed by atoms with E-state index in [2.05, 4.69) is 20.6 Å². The van der Waals surface area contributed by atoms with Gasteiger partial charge in [0.2, 0.25) is 5.71 Å². The number of carbonyl (C=O) groups excluding carboxylic acids is 2. The first kappa shape index (κ1) is 24.3. The number of carboxylic acid groups (broad SMARTS) is 1. The zero-order valence-electron chi connectivity index (χ0n) is 18.2. The molecule has 0 aromatic carbocycles. The number of nitrogens with zero attached hydrogens (tertiary/aromatic N) is 4. The maximum Gasteiger partial charge on any atom is 0.352 e. The number of aromatic nitrogens is 3. The highest BCUT2D eigenvalue weighted by atomic mass is 32.2. The van der Waals surface area contributed by atoms with Gasteiger partial charge in [-0.2, -0.15) is 4.98 Å². The van der Waals surface area contributed by atoms with Crippen LogP contribution in [0.5, 0.6) is 0 Å². The topological polar surface area (TPSA) is 189 Å². The number of hydrogen-bond acceptors (Lipinski definition) is 11. The third-order valence-electron chi connectivity index (χ3n) is 5.01. The average molecular weight is 523 g/mol. The molecule has 2 aromatic rings. The molecule has 0 spiro atoms. The lowest BCUT2D eigenvalue weighted by atomic mass is 10.0. The third kappa shape index (κ3) is 4.61. The van der Waals surface area contributed by atoms with Crippen molar-refractivity contribution in [2.45, 2.75) is 16.6 Å². The van der Waals surface area contributed by atoms with Gasteiger partial charge in [-0.15, -0.1) is 11.8 Å². The molecule has 0 bridgehead atoms. The fraction of sp³-hybridized carbons (Fsp3) is 0.316. The normalized spacial score (nSPS) is 19.8. The molecule has 2 aliphatic rings. The van der Waals surface area contributed by atoms with Gasteiger partial charge in [-0.25, -0.2) is 4.79 Å². The van der Waals surface area contributed by atoms with Crippen LogP contribution in [0.2, 0.25) is 0 Å². The summed E-state index contributed by atoms with van der Waals surface area (Å²) in [6.45, 7) is 0. The summed E-state index contributed by atoms with van der Waals surface area (Å²) in [7, 11) is 2.75. The Bertz CT molecular complexity index is 1360. The van der Waals surface area contributed by atoms with Crippen LogP contribution in [0, 0.1) is 0 Å². The molecule has 4 heterocycles. The number of aryl methyl sites for hydroxylation is 1. The number of aliphatic carboxylic acids is 1. The van der Waals surface area contributed by atoms with Crippen molar-refractivity contribution in [1.29, 1.82) is 0 Å². The van der Waals surface area contributed by atoms with Gasteiger partial charge in [-0.1, -0.05) is 16.9 Å². The molecular weight excluding hydrogens is 504 g/mol. The molecule has 0 unspecified atom stereocenters. The Labute approximate surface area is 204 Å². The Hall–Kier alpha value is -3.79. The van der Waals surface area contributed by atoms with Gasteiger partial charge in [0.05, 0.1) is 6.26 Å². The van der Waals surface area contributed by atoms with E-state index in [4.69, 9.17) is 9.25 Å². The molecule has 35 heavy (non-hydrogen) atoms. The summed E-state index contributed by atoms with van der Waals surface area (Å²) in [6, 6.07) is 2.09. The number of β-lactam (4-membered cyclic amide) rings is 1. The van der Waals surface area contributed by atoms with Gasteiger partial charge < -0.3 is 19.7 Å². The lowest BCUT2D eigenvalue weighted by Crippen LogP contribution is -2.71. The van der Waals surface area contributed by atoms with Crippen molar-refractivity contribution in [3.05, 3.63) is 56.1 Å². The summed E-state index contributed by atoms with van der Waals surface area (Å²) in [6.07, 6.45) is 1.35. The van der Waals surface area contributed by atoms with Gasteiger partial charge in [-0.3, -0.25) is 33.9 Å². The largest absolute Gasteiger partial charge is 0.477 e. The smallest absolute Gasteiger partial charge is 0.352 e. The number of furan rings is 1. The van der Waals surface area contributed by atoms with Crippen LogP contribution >= 0.6 is 23.5 Å². The number of thioether (sulfide) groups is 2. The van der Waals surface area contributed by atoms with Crippen LogP contribution in [0.15, 0.2) is 54.0 Å². The molecule has 2 atom stereocenters.